The van der Waals surface area contributed by atoms with Gasteiger partial charge in [-0.15, -0.1) is 0 Å². The van der Waals surface area contributed by atoms with Gasteiger partial charge in [0.25, 0.3) is 0 Å². The first kappa shape index (κ1) is 76.7. The molecule has 20 heavy (non-hydrogen) atoms. The zero-order valence-electron chi connectivity index (χ0n) is 31.5. The number of hydrogen-bond acceptors (Lipinski definition) is 3. The van der Waals surface area contributed by atoms with Crippen molar-refractivity contribution in [2.24, 2.45) is 0 Å². The molecule has 0 fully saturated rings. The summed E-state index contributed by atoms with van der Waals surface area (Å²) in [6.07, 6.45) is 0. The third-order valence-corrected chi connectivity index (χ3v) is 1.91. The van der Waals surface area contributed by atoms with Crippen molar-refractivity contribution in [1.82, 2.24) is 0 Å². The van der Waals surface area contributed by atoms with Crippen molar-refractivity contribution >= 4 is 393 Å². The Balaban J connectivity index is -0.000000000688. The van der Waals surface area contributed by atoms with E-state index in [4.69, 9.17) is 19.6 Å². The summed E-state index contributed by atoms with van der Waals surface area (Å²) in [7, 11) is -10.1. The molecule has 0 radical (unpaired) electrons. The molecule has 0 rings (SSSR count). The quantitative estimate of drug-likeness (QED) is 0.188. The van der Waals surface area contributed by atoms with Crippen molar-refractivity contribution in [3.05, 3.63) is 0 Å². The normalized spacial score (nSPS) is 6.20. The topological polar surface area (TPSA) is 156 Å². The van der Waals surface area contributed by atoms with Crippen molar-refractivity contribution in [1.29, 1.82) is 0 Å². The maximum Gasteiger partial charge on any atom is 2.00 e. The first-order chi connectivity index (χ1) is 3.71. The molecule has 104 valence electrons. The van der Waals surface area contributed by atoms with Crippen LogP contribution >= 0.6 is 15.6 Å². The maximum absolute atomic E-state index is 9.63. The van der Waals surface area contributed by atoms with E-state index in [1.54, 1.807) is 0 Å². The molecule has 0 saturated carbocycles. The van der Waals surface area contributed by atoms with Crippen molar-refractivity contribution in [3.63, 3.8) is 0 Å². The molecule has 0 atom stereocenters. The first-order valence-corrected chi connectivity index (χ1v) is 4.59. The molecule has 0 aromatic carbocycles. The van der Waals surface area contributed by atoms with Gasteiger partial charge in [-0.2, -0.15) is 4.31 Å². The average molecular weight is 617 g/mol. The second-order valence-electron chi connectivity index (χ2n) is 1.06. The molecule has 0 aliphatic heterocycles. The van der Waals surface area contributed by atoms with Crippen molar-refractivity contribution in [3.8, 4) is 0 Å². The van der Waals surface area contributed by atoms with Gasteiger partial charge in [-0.05, 0) is 0 Å². The Hall–Kier alpha value is 12.8. The molecule has 0 aromatic heterocycles. The van der Waals surface area contributed by atoms with E-state index in [0.717, 1.165) is 0 Å². The van der Waals surface area contributed by atoms with E-state index in [1.165, 1.54) is 0 Å². The molecular weight excluding hydrogens is 591 g/mol. The van der Waals surface area contributed by atoms with Gasteiger partial charge in [-0.25, -0.2) is 9.13 Å². The molecule has 0 saturated heterocycles. The third-order valence-electron chi connectivity index (χ3n) is 0.213. The van der Waals surface area contributed by atoms with Crippen molar-refractivity contribution in [2.45, 2.75) is 0 Å². The fourth-order valence-corrected chi connectivity index (χ4v) is 1.25. The van der Waals surface area contributed by atoms with Gasteiger partial charge in [0.2, 0.25) is 0 Å². The first-order valence-electron chi connectivity index (χ1n) is 1.53. The summed E-state index contributed by atoms with van der Waals surface area (Å²) in [5.41, 5.74) is 0. The minimum Gasteiger partial charge on any atom is -1.00 e. The maximum atomic E-state index is 9.63. The predicted octanol–water partition coefficient (Wildman–Crippen LogP) is -3.19. The Bertz CT molecular complexity index is 208. The van der Waals surface area contributed by atoms with Gasteiger partial charge in [0.15, 0.2) is 0 Å². The van der Waals surface area contributed by atoms with E-state index in [9.17, 15) is 9.13 Å². The monoisotopic (exact) mass is 616 g/mol. The second-order valence-corrected chi connectivity index (χ2v) is 3.68. The molecule has 0 unspecified atom stereocenters. The second kappa shape index (κ2) is 45.3. The van der Waals surface area contributed by atoms with Crippen LogP contribution in [0.1, 0.15) is 28.5 Å². The fraction of sp³-hybridized carbons (Fsp3) is 0. The van der Waals surface area contributed by atoms with Gasteiger partial charge < -0.3 is 53.6 Å². The summed E-state index contributed by atoms with van der Waals surface area (Å²) < 4.78 is 22.2. The molecule has 0 bridgehead atoms. The number of rotatable bonds is 2. The molecule has 20 heteroatoms. The number of hydrogen-bond donors (Lipinski definition) is 4. The van der Waals surface area contributed by atoms with E-state index in [-0.39, 0.29) is 411 Å². The summed E-state index contributed by atoms with van der Waals surface area (Å²) in [5, 5.41) is 0. The molecule has 0 heterocycles. The number of phosphoric acid groups is 2. The molecule has 0 aliphatic carbocycles. The SMILES string of the molecule is O.O=P(O)(O)OP(=O)(O)O.[Ca+2].[Ca+2].[Ca+2].[Ca+2].[Ca+2].[Ca+2].[Ca+2].[Ca+2].[Ca+2].[Ca+2].[H-].[H-].[H-].[H-].[H-].[H-].[H-].[H-].[H-].[H-].[H-].[H-].[H-].[H-].[H-].[H-].[H-].[H-].[H-].[H-]. The van der Waals surface area contributed by atoms with E-state index >= 15 is 0 Å². The Kier molecular flexibility index (Phi) is 174. The minimum atomic E-state index is -5.05. The smallest absolute Gasteiger partial charge is 1.00 e. The van der Waals surface area contributed by atoms with Gasteiger partial charge in [0.05, 0.1) is 0 Å². The van der Waals surface area contributed by atoms with Gasteiger partial charge >= 0.3 is 393 Å². The van der Waals surface area contributed by atoms with Gasteiger partial charge in [-0.3, -0.25) is 0 Å². The summed E-state index contributed by atoms with van der Waals surface area (Å²) >= 11 is 0. The van der Waals surface area contributed by atoms with E-state index in [0.29, 0.717) is 0 Å². The van der Waals surface area contributed by atoms with Crippen LogP contribution in [-0.4, -0.2) is 402 Å². The summed E-state index contributed by atoms with van der Waals surface area (Å²) in [6, 6.07) is 0. The molecule has 8 nitrogen and oxygen atoms in total. The average Bonchev–Trinajstić information content (AvgIpc) is 1.14. The molecule has 6 N–H and O–H groups in total. The minimum absolute atomic E-state index is 0. The van der Waals surface area contributed by atoms with Crippen LogP contribution in [0.5, 0.6) is 0 Å². The molecule has 0 aromatic rings. The zero-order valence-corrected chi connectivity index (χ0v) is 35.4. The van der Waals surface area contributed by atoms with Gasteiger partial charge in [0.1, 0.15) is 0 Å². The van der Waals surface area contributed by atoms with E-state index < -0.39 is 15.6 Å². The summed E-state index contributed by atoms with van der Waals surface area (Å²) in [5.74, 6) is 0. The third kappa shape index (κ3) is 77.4. The molecule has 0 amide bonds. The largest absolute Gasteiger partial charge is 2.00 e. The van der Waals surface area contributed by atoms with Gasteiger partial charge in [0, 0.05) is 0 Å². The molecular formula is H26Ca10O8P2. The Morgan fingerprint density at radius 3 is 0.650 bits per heavy atom. The van der Waals surface area contributed by atoms with Crippen LogP contribution in [0.4, 0.5) is 0 Å². The standard InChI is InChI=1S/10Ca.H4O7P2.H2O.20H/c;;;;;;;;;;1-8(2,3)7-9(4,5)6;;;;;;;;;;;;;;;;;;;;;/h;;;;;;;;;;(H2,1,2,3)(H2,4,5,6);1H2;;;;;;;;;;;;;;;;;;;;/q10*+2;;;20*-1. The van der Waals surface area contributed by atoms with Crippen LogP contribution in [0.2, 0.25) is 0 Å². The van der Waals surface area contributed by atoms with Crippen LogP contribution < -0.4 is 0 Å². The Morgan fingerprint density at radius 1 is 0.550 bits per heavy atom. The van der Waals surface area contributed by atoms with Crippen LogP contribution in [0.3, 0.4) is 0 Å². The summed E-state index contributed by atoms with van der Waals surface area (Å²) in [4.78, 5) is 31.0. The van der Waals surface area contributed by atoms with Crippen LogP contribution in [-0.2, 0) is 13.4 Å². The Morgan fingerprint density at radius 2 is 0.650 bits per heavy atom. The van der Waals surface area contributed by atoms with E-state index in [2.05, 4.69) is 4.31 Å². The molecule has 0 aliphatic rings. The fourth-order valence-electron chi connectivity index (χ4n) is 0.139. The van der Waals surface area contributed by atoms with Gasteiger partial charge in [-0.1, -0.05) is 0 Å². The van der Waals surface area contributed by atoms with Crippen molar-refractivity contribution in [2.75, 3.05) is 0 Å². The zero-order chi connectivity index (χ0) is 7.71. The Labute approximate surface area is 446 Å². The van der Waals surface area contributed by atoms with Crippen molar-refractivity contribution < 1.29 is 67.0 Å². The summed E-state index contributed by atoms with van der Waals surface area (Å²) in [6.45, 7) is 0. The van der Waals surface area contributed by atoms with Crippen LogP contribution in [0.15, 0.2) is 0 Å². The van der Waals surface area contributed by atoms with Crippen LogP contribution in [0.25, 0.3) is 0 Å². The molecule has 0 spiro atoms. The predicted molar refractivity (Wildman–Crippen MR) is 109 cm³/mol. The van der Waals surface area contributed by atoms with Crippen LogP contribution in [0, 0.1) is 0 Å². The van der Waals surface area contributed by atoms with E-state index in [1.807, 2.05) is 0 Å².